The summed E-state index contributed by atoms with van der Waals surface area (Å²) in [4.78, 5) is 30.7. The molecule has 30 heavy (non-hydrogen) atoms. The molecule has 1 aromatic heterocycles. The van der Waals surface area contributed by atoms with E-state index in [-0.39, 0.29) is 36.5 Å². The van der Waals surface area contributed by atoms with E-state index in [0.717, 1.165) is 28.2 Å². The van der Waals surface area contributed by atoms with E-state index in [9.17, 15) is 9.59 Å². The molecule has 162 valence electrons. The predicted octanol–water partition coefficient (Wildman–Crippen LogP) is 4.53. The molecule has 0 saturated heterocycles. The van der Waals surface area contributed by atoms with E-state index in [1.807, 2.05) is 58.2 Å². The van der Waals surface area contributed by atoms with Gasteiger partial charge in [-0.15, -0.1) is 12.4 Å². The van der Waals surface area contributed by atoms with E-state index in [2.05, 4.69) is 15.6 Å². The number of hydrogen-bond donors (Lipinski definition) is 2. The number of nitrogens with one attached hydrogen (secondary N) is 2. The molecule has 0 fully saturated rings. The molecule has 1 aliphatic heterocycles. The number of carbonyl (C=O) groups is 2. The summed E-state index contributed by atoms with van der Waals surface area (Å²) >= 11 is 0. The average molecular weight is 433 g/mol. The number of aromatic nitrogens is 1. The maximum atomic E-state index is 12.3. The number of halogens is 1. The van der Waals surface area contributed by atoms with Crippen molar-refractivity contribution in [2.24, 2.45) is 0 Å². The molecule has 7 nitrogen and oxygen atoms in total. The maximum absolute atomic E-state index is 12.3. The monoisotopic (exact) mass is 432 g/mol. The fourth-order valence-electron chi connectivity index (χ4n) is 3.76. The third-order valence-electron chi connectivity index (χ3n) is 5.01. The van der Waals surface area contributed by atoms with Crippen molar-refractivity contribution in [2.45, 2.75) is 52.3 Å². The first-order chi connectivity index (χ1) is 13.8. The largest absolute Gasteiger partial charge is 0.447 e. The van der Waals surface area contributed by atoms with E-state index < -0.39 is 6.09 Å². The van der Waals surface area contributed by atoms with Gasteiger partial charge in [-0.1, -0.05) is 6.07 Å². The van der Waals surface area contributed by atoms with E-state index in [1.54, 1.807) is 18.0 Å². The molecule has 0 bridgehead atoms. The standard InChI is InChI=1S/C22H28N4O3.ClH/c1-13(2)29-22(28)25-19-10-14(3)26(15(4)27)20-8-6-16(11-18(19)20)17-7-9-21(23-5)24-12-17;/h6-9,11-14,19H,10H2,1-5H3,(H,23,24)(H,25,28);1H/t14-,19+;/m0./s1. The lowest BCUT2D eigenvalue weighted by Crippen LogP contribution is -2.45. The average Bonchev–Trinajstić information content (AvgIpc) is 2.67. The van der Waals surface area contributed by atoms with Crippen molar-refractivity contribution in [1.29, 1.82) is 0 Å². The van der Waals surface area contributed by atoms with Crippen molar-refractivity contribution in [3.05, 3.63) is 42.1 Å². The van der Waals surface area contributed by atoms with Gasteiger partial charge >= 0.3 is 6.09 Å². The summed E-state index contributed by atoms with van der Waals surface area (Å²) in [5.74, 6) is 0.772. The Morgan fingerprint density at radius 2 is 1.90 bits per heavy atom. The van der Waals surface area contributed by atoms with Crippen molar-refractivity contribution in [1.82, 2.24) is 10.3 Å². The number of pyridine rings is 1. The van der Waals surface area contributed by atoms with Crippen LogP contribution >= 0.6 is 12.4 Å². The molecule has 2 N–H and O–H groups in total. The van der Waals surface area contributed by atoms with Gasteiger partial charge in [-0.25, -0.2) is 9.78 Å². The van der Waals surface area contributed by atoms with Crippen LogP contribution in [0, 0.1) is 0 Å². The van der Waals surface area contributed by atoms with Crippen molar-refractivity contribution in [2.75, 3.05) is 17.3 Å². The maximum Gasteiger partial charge on any atom is 0.407 e. The number of benzene rings is 1. The molecule has 1 aliphatic rings. The van der Waals surface area contributed by atoms with Gasteiger partial charge in [-0.3, -0.25) is 4.79 Å². The molecule has 2 heterocycles. The molecule has 3 rings (SSSR count). The Morgan fingerprint density at radius 1 is 1.20 bits per heavy atom. The lowest BCUT2D eigenvalue weighted by atomic mass is 9.89. The summed E-state index contributed by atoms with van der Waals surface area (Å²) in [5, 5.41) is 5.97. The molecule has 0 unspecified atom stereocenters. The van der Waals surface area contributed by atoms with E-state index in [4.69, 9.17) is 4.74 Å². The minimum atomic E-state index is -0.454. The van der Waals surface area contributed by atoms with E-state index in [1.165, 1.54) is 0 Å². The number of ether oxygens (including phenoxy) is 1. The van der Waals surface area contributed by atoms with Crippen LogP contribution in [0.1, 0.15) is 45.7 Å². The molecule has 0 saturated carbocycles. The van der Waals surface area contributed by atoms with Crippen molar-refractivity contribution in [3.8, 4) is 11.1 Å². The molecule has 2 amide bonds. The third-order valence-corrected chi connectivity index (χ3v) is 5.01. The highest BCUT2D eigenvalue weighted by atomic mass is 35.5. The summed E-state index contributed by atoms with van der Waals surface area (Å²) in [7, 11) is 1.82. The van der Waals surface area contributed by atoms with Gasteiger partial charge in [-0.2, -0.15) is 0 Å². The second kappa shape index (κ2) is 9.80. The highest BCUT2D eigenvalue weighted by Crippen LogP contribution is 2.39. The van der Waals surface area contributed by atoms with Crippen LogP contribution in [0.5, 0.6) is 0 Å². The van der Waals surface area contributed by atoms with Gasteiger partial charge in [0.1, 0.15) is 5.82 Å². The number of amides is 2. The fraction of sp³-hybridized carbons (Fsp3) is 0.409. The topological polar surface area (TPSA) is 83.6 Å². The third kappa shape index (κ3) is 5.02. The zero-order valence-electron chi connectivity index (χ0n) is 17.9. The summed E-state index contributed by atoms with van der Waals surface area (Å²) in [6.07, 6.45) is 1.76. The second-order valence-electron chi connectivity index (χ2n) is 7.58. The number of alkyl carbamates (subject to hydrolysis) is 1. The molecule has 2 atom stereocenters. The van der Waals surface area contributed by atoms with Crippen LogP contribution in [0.25, 0.3) is 11.1 Å². The highest BCUT2D eigenvalue weighted by molar-refractivity contribution is 5.94. The first kappa shape index (κ1) is 23.5. The van der Waals surface area contributed by atoms with Crippen LogP contribution in [0.15, 0.2) is 36.5 Å². The smallest absolute Gasteiger partial charge is 0.407 e. The molecule has 0 spiro atoms. The zero-order valence-corrected chi connectivity index (χ0v) is 18.7. The quantitative estimate of drug-likeness (QED) is 0.741. The Kier molecular flexibility index (Phi) is 7.67. The number of hydrogen-bond acceptors (Lipinski definition) is 5. The number of nitrogens with zero attached hydrogens (tertiary/aromatic N) is 2. The Morgan fingerprint density at radius 3 is 2.47 bits per heavy atom. The first-order valence-corrected chi connectivity index (χ1v) is 9.85. The Bertz CT molecular complexity index is 902. The molecule has 2 aromatic rings. The fourth-order valence-corrected chi connectivity index (χ4v) is 3.76. The normalized spacial score (nSPS) is 17.6. The Balaban J connectivity index is 0.00000320. The van der Waals surface area contributed by atoms with Crippen LogP contribution in [-0.2, 0) is 9.53 Å². The SMILES string of the molecule is CNc1ccc(-c2ccc3c(c2)[C@H](NC(=O)OC(C)C)C[C@H](C)N3C(C)=O)cn1.Cl. The lowest BCUT2D eigenvalue weighted by Gasteiger charge is -2.39. The van der Waals surface area contributed by atoms with Gasteiger partial charge in [0.25, 0.3) is 0 Å². The number of rotatable bonds is 4. The first-order valence-electron chi connectivity index (χ1n) is 9.85. The zero-order chi connectivity index (χ0) is 21.1. The Labute approximate surface area is 183 Å². The van der Waals surface area contributed by atoms with Gasteiger partial charge in [-0.05, 0) is 62.6 Å². The summed E-state index contributed by atoms with van der Waals surface area (Å²) in [6.45, 7) is 7.18. The number of fused-ring (bicyclic) bond motifs is 1. The molecule has 0 aliphatic carbocycles. The predicted molar refractivity (Wildman–Crippen MR) is 121 cm³/mol. The van der Waals surface area contributed by atoms with E-state index in [0.29, 0.717) is 6.42 Å². The Hall–Kier alpha value is -2.80. The lowest BCUT2D eigenvalue weighted by molar-refractivity contribution is -0.117. The van der Waals surface area contributed by atoms with Crippen LogP contribution in [-0.4, -0.2) is 36.2 Å². The van der Waals surface area contributed by atoms with Crippen LogP contribution in [0.2, 0.25) is 0 Å². The van der Waals surface area contributed by atoms with Gasteiger partial charge < -0.3 is 20.3 Å². The minimum absolute atomic E-state index is 0. The molecular weight excluding hydrogens is 404 g/mol. The minimum Gasteiger partial charge on any atom is -0.447 e. The van der Waals surface area contributed by atoms with Crippen LogP contribution < -0.4 is 15.5 Å². The highest BCUT2D eigenvalue weighted by Gasteiger charge is 2.33. The summed E-state index contributed by atoms with van der Waals surface area (Å²) in [6, 6.07) is 9.56. The van der Waals surface area contributed by atoms with Crippen molar-refractivity contribution < 1.29 is 14.3 Å². The summed E-state index contributed by atoms with van der Waals surface area (Å²) < 4.78 is 5.27. The molecule has 1 aromatic carbocycles. The van der Waals surface area contributed by atoms with Crippen molar-refractivity contribution >= 4 is 35.9 Å². The second-order valence-corrected chi connectivity index (χ2v) is 7.58. The van der Waals surface area contributed by atoms with Crippen LogP contribution in [0.3, 0.4) is 0 Å². The van der Waals surface area contributed by atoms with Gasteiger partial charge in [0.2, 0.25) is 5.91 Å². The molecule has 0 radical (unpaired) electrons. The number of carbonyl (C=O) groups excluding carboxylic acids is 2. The van der Waals surface area contributed by atoms with Gasteiger partial charge in [0, 0.05) is 37.5 Å². The van der Waals surface area contributed by atoms with E-state index >= 15 is 0 Å². The van der Waals surface area contributed by atoms with Gasteiger partial charge in [0.15, 0.2) is 0 Å². The molecule has 8 heteroatoms. The summed E-state index contributed by atoms with van der Waals surface area (Å²) in [5.41, 5.74) is 3.65. The van der Waals surface area contributed by atoms with Gasteiger partial charge in [0.05, 0.1) is 12.1 Å². The number of anilines is 2. The molecular formula is C22H29ClN4O3. The van der Waals surface area contributed by atoms with Crippen molar-refractivity contribution in [3.63, 3.8) is 0 Å². The van der Waals surface area contributed by atoms with Crippen LogP contribution in [0.4, 0.5) is 16.3 Å².